The first kappa shape index (κ1) is 24.4. The van der Waals surface area contributed by atoms with E-state index in [1.165, 1.54) is 6.33 Å². The van der Waals surface area contributed by atoms with Crippen LogP contribution in [0.1, 0.15) is 70.4 Å². The standard InChI is InChI=1S/C21H27ClF6N2O/c1-2-16-17(22)18(30-12-29-16)31-15-10-8-14(9-11-15)19(20(23,24)25,21(26,27)28)13-6-4-3-5-7-13/h12-15H,2-11H2,1H3/t14-,15+. The van der Waals surface area contributed by atoms with Crippen LogP contribution in [-0.4, -0.2) is 28.4 Å². The Kier molecular flexibility index (Phi) is 7.33. The topological polar surface area (TPSA) is 35.0 Å². The van der Waals surface area contributed by atoms with Gasteiger partial charge in [-0.3, -0.25) is 0 Å². The fourth-order valence-electron chi connectivity index (χ4n) is 5.49. The van der Waals surface area contributed by atoms with Gasteiger partial charge in [-0.25, -0.2) is 9.97 Å². The van der Waals surface area contributed by atoms with Crippen molar-refractivity contribution in [1.29, 1.82) is 0 Å². The Morgan fingerprint density at radius 1 is 0.871 bits per heavy atom. The van der Waals surface area contributed by atoms with Gasteiger partial charge in [0.1, 0.15) is 17.5 Å². The summed E-state index contributed by atoms with van der Waals surface area (Å²) in [6.45, 7) is 1.85. The number of rotatable bonds is 5. The Balaban J connectivity index is 1.81. The quantitative estimate of drug-likeness (QED) is 0.421. The van der Waals surface area contributed by atoms with Crippen LogP contribution >= 0.6 is 11.6 Å². The smallest absolute Gasteiger partial charge is 0.403 e. The van der Waals surface area contributed by atoms with Gasteiger partial charge < -0.3 is 4.74 Å². The van der Waals surface area contributed by atoms with Crippen molar-refractivity contribution in [3.63, 3.8) is 0 Å². The molecule has 2 aliphatic carbocycles. The molecule has 0 N–H and O–H groups in total. The Morgan fingerprint density at radius 3 is 1.94 bits per heavy atom. The lowest BCUT2D eigenvalue weighted by Gasteiger charge is -2.50. The molecule has 2 saturated carbocycles. The van der Waals surface area contributed by atoms with Gasteiger partial charge in [0.25, 0.3) is 0 Å². The number of aromatic nitrogens is 2. The lowest BCUT2D eigenvalue weighted by molar-refractivity contribution is -0.382. The van der Waals surface area contributed by atoms with Gasteiger partial charge in [-0.2, -0.15) is 26.3 Å². The van der Waals surface area contributed by atoms with Gasteiger partial charge in [0.15, 0.2) is 5.41 Å². The molecular formula is C21H27ClF6N2O. The Labute approximate surface area is 182 Å². The second kappa shape index (κ2) is 9.32. The van der Waals surface area contributed by atoms with Gasteiger partial charge in [0.05, 0.1) is 5.69 Å². The van der Waals surface area contributed by atoms with Crippen molar-refractivity contribution in [1.82, 2.24) is 9.97 Å². The number of hydrogen-bond acceptors (Lipinski definition) is 3. The average molecular weight is 473 g/mol. The molecule has 3 rings (SSSR count). The largest absolute Gasteiger partial charge is 0.473 e. The first-order valence-corrected chi connectivity index (χ1v) is 11.2. The first-order valence-electron chi connectivity index (χ1n) is 10.8. The zero-order valence-corrected chi connectivity index (χ0v) is 18.1. The number of aryl methyl sites for hydroxylation is 1. The first-order chi connectivity index (χ1) is 14.5. The van der Waals surface area contributed by atoms with Crippen molar-refractivity contribution in [2.45, 2.75) is 89.6 Å². The summed E-state index contributed by atoms with van der Waals surface area (Å²) < 4.78 is 91.2. The Bertz CT molecular complexity index is 726. The second-order valence-electron chi connectivity index (χ2n) is 8.58. The Hall–Kier alpha value is -1.25. The van der Waals surface area contributed by atoms with E-state index in [0.29, 0.717) is 31.4 Å². The van der Waals surface area contributed by atoms with E-state index < -0.39 is 35.7 Å². The summed E-state index contributed by atoms with van der Waals surface area (Å²) in [5.74, 6) is -2.81. The van der Waals surface area contributed by atoms with Crippen LogP contribution in [0.2, 0.25) is 5.02 Å². The predicted molar refractivity (Wildman–Crippen MR) is 104 cm³/mol. The zero-order chi connectivity index (χ0) is 22.9. The highest BCUT2D eigenvalue weighted by Gasteiger charge is 2.76. The van der Waals surface area contributed by atoms with Gasteiger partial charge in [0.2, 0.25) is 5.88 Å². The molecule has 3 nitrogen and oxygen atoms in total. The predicted octanol–water partition coefficient (Wildman–Crippen LogP) is 7.32. The molecule has 1 aromatic heterocycles. The molecule has 1 heterocycles. The fourth-order valence-corrected chi connectivity index (χ4v) is 5.76. The summed E-state index contributed by atoms with van der Waals surface area (Å²) >= 11 is 6.20. The molecule has 0 radical (unpaired) electrons. The maximum Gasteiger partial charge on any atom is 0.403 e. The molecule has 31 heavy (non-hydrogen) atoms. The highest BCUT2D eigenvalue weighted by Crippen LogP contribution is 2.64. The summed E-state index contributed by atoms with van der Waals surface area (Å²) in [6.07, 6.45) is -8.20. The van der Waals surface area contributed by atoms with Crippen LogP contribution in [0, 0.1) is 17.3 Å². The SMILES string of the molecule is CCc1ncnc(O[C@H]2CC[C@@H](C(C3CCCCC3)(C(F)(F)F)C(F)(F)F)CC2)c1Cl. The van der Waals surface area contributed by atoms with E-state index >= 15 is 0 Å². The van der Waals surface area contributed by atoms with Crippen molar-refractivity contribution in [2.24, 2.45) is 17.3 Å². The third kappa shape index (κ3) is 4.62. The normalized spacial score (nSPS) is 24.3. The molecule has 0 unspecified atom stereocenters. The van der Waals surface area contributed by atoms with Gasteiger partial charge >= 0.3 is 12.4 Å². The molecule has 0 aliphatic heterocycles. The van der Waals surface area contributed by atoms with E-state index in [-0.39, 0.29) is 49.4 Å². The van der Waals surface area contributed by atoms with Crippen molar-refractivity contribution >= 4 is 11.6 Å². The Morgan fingerprint density at radius 2 is 1.42 bits per heavy atom. The molecule has 1 aromatic rings. The summed E-state index contributed by atoms with van der Waals surface area (Å²) in [5, 5.41) is 0.231. The summed E-state index contributed by atoms with van der Waals surface area (Å²) in [4.78, 5) is 8.00. The third-order valence-electron chi connectivity index (χ3n) is 6.95. The van der Waals surface area contributed by atoms with E-state index in [1.54, 1.807) is 0 Å². The third-order valence-corrected chi connectivity index (χ3v) is 7.33. The lowest BCUT2D eigenvalue weighted by atomic mass is 9.57. The van der Waals surface area contributed by atoms with E-state index in [2.05, 4.69) is 9.97 Å². The summed E-state index contributed by atoms with van der Waals surface area (Å²) in [5.41, 5.74) is -3.08. The van der Waals surface area contributed by atoms with Gasteiger partial charge in [-0.1, -0.05) is 37.8 Å². The molecule has 0 amide bonds. The zero-order valence-electron chi connectivity index (χ0n) is 17.3. The highest BCUT2D eigenvalue weighted by molar-refractivity contribution is 6.32. The maximum absolute atomic E-state index is 14.2. The minimum absolute atomic E-state index is 0.0359. The molecule has 0 aromatic carbocycles. The van der Waals surface area contributed by atoms with Gasteiger partial charge in [-0.05, 0) is 56.8 Å². The molecule has 10 heteroatoms. The van der Waals surface area contributed by atoms with Crippen LogP contribution < -0.4 is 4.74 Å². The van der Waals surface area contributed by atoms with E-state index in [9.17, 15) is 26.3 Å². The molecule has 176 valence electrons. The van der Waals surface area contributed by atoms with Gasteiger partial charge in [0, 0.05) is 0 Å². The minimum atomic E-state index is -5.35. The van der Waals surface area contributed by atoms with E-state index in [0.717, 1.165) is 0 Å². The monoisotopic (exact) mass is 472 g/mol. The van der Waals surface area contributed by atoms with Crippen molar-refractivity contribution in [2.75, 3.05) is 0 Å². The number of ether oxygens (including phenoxy) is 1. The van der Waals surface area contributed by atoms with Crippen LogP contribution in [-0.2, 0) is 6.42 Å². The number of nitrogens with zero attached hydrogens (tertiary/aromatic N) is 2. The highest BCUT2D eigenvalue weighted by atomic mass is 35.5. The van der Waals surface area contributed by atoms with Crippen molar-refractivity contribution in [3.8, 4) is 5.88 Å². The van der Waals surface area contributed by atoms with Crippen LogP contribution in [0.25, 0.3) is 0 Å². The number of alkyl halides is 6. The van der Waals surface area contributed by atoms with Gasteiger partial charge in [-0.15, -0.1) is 0 Å². The summed E-state index contributed by atoms with van der Waals surface area (Å²) in [7, 11) is 0. The minimum Gasteiger partial charge on any atom is -0.473 e. The van der Waals surface area contributed by atoms with Crippen LogP contribution in [0.4, 0.5) is 26.3 Å². The maximum atomic E-state index is 14.2. The average Bonchev–Trinajstić information content (AvgIpc) is 2.70. The molecule has 0 saturated heterocycles. The molecule has 0 bridgehead atoms. The number of halogens is 7. The molecule has 0 spiro atoms. The number of hydrogen-bond donors (Lipinski definition) is 0. The lowest BCUT2D eigenvalue weighted by Crippen LogP contribution is -2.60. The summed E-state index contributed by atoms with van der Waals surface area (Å²) in [6, 6.07) is 0. The van der Waals surface area contributed by atoms with Crippen LogP contribution in [0.15, 0.2) is 6.33 Å². The van der Waals surface area contributed by atoms with E-state index in [4.69, 9.17) is 16.3 Å². The van der Waals surface area contributed by atoms with Crippen molar-refractivity contribution < 1.29 is 31.1 Å². The molecular weight excluding hydrogens is 446 g/mol. The van der Waals surface area contributed by atoms with E-state index in [1.807, 2.05) is 6.92 Å². The van der Waals surface area contributed by atoms with Crippen LogP contribution in [0.5, 0.6) is 5.88 Å². The van der Waals surface area contributed by atoms with Crippen molar-refractivity contribution in [3.05, 3.63) is 17.0 Å². The molecule has 0 atom stereocenters. The molecule has 2 fully saturated rings. The molecule has 2 aliphatic rings. The fraction of sp³-hybridized carbons (Fsp3) is 0.810. The van der Waals surface area contributed by atoms with Crippen LogP contribution in [0.3, 0.4) is 0 Å². The second-order valence-corrected chi connectivity index (χ2v) is 8.96.